The second kappa shape index (κ2) is 7.82. The number of hydrogen-bond acceptors (Lipinski definition) is 3. The van der Waals surface area contributed by atoms with Crippen molar-refractivity contribution in [3.63, 3.8) is 0 Å². The number of rotatable bonds is 7. The summed E-state index contributed by atoms with van der Waals surface area (Å²) < 4.78 is 5.58. The van der Waals surface area contributed by atoms with E-state index >= 15 is 0 Å². The van der Waals surface area contributed by atoms with Crippen molar-refractivity contribution in [2.75, 3.05) is 12.4 Å². The number of hydrogen-bond donors (Lipinski definition) is 1. The van der Waals surface area contributed by atoms with Crippen molar-refractivity contribution >= 4 is 23.8 Å². The van der Waals surface area contributed by atoms with Crippen LogP contribution in [0.15, 0.2) is 30.3 Å². The lowest BCUT2D eigenvalue weighted by Gasteiger charge is -2.07. The molecule has 0 saturated carbocycles. The van der Waals surface area contributed by atoms with Crippen molar-refractivity contribution < 1.29 is 14.6 Å². The number of carboxylic acid groups (broad SMARTS) is 1. The molecule has 0 amide bonds. The molecule has 0 spiro atoms. The summed E-state index contributed by atoms with van der Waals surface area (Å²) in [5.41, 5.74) is 0.848. The number of ether oxygens (including phenoxy) is 1. The van der Waals surface area contributed by atoms with Crippen LogP contribution in [0.3, 0.4) is 0 Å². The number of thioether (sulfide) groups is 1. The standard InChI is InChI=1S/C14H18O3S/c1-11(2)18-10-9-17-13-6-3-12(4-7-13)5-8-14(15)16/h3-8,11H,9-10H2,1-2H3,(H,15,16)/b8-5+. The molecule has 1 aromatic rings. The monoisotopic (exact) mass is 266 g/mol. The van der Waals surface area contributed by atoms with Gasteiger partial charge in [0.2, 0.25) is 0 Å². The van der Waals surface area contributed by atoms with Gasteiger partial charge in [-0.1, -0.05) is 26.0 Å². The number of aliphatic carboxylic acids is 1. The summed E-state index contributed by atoms with van der Waals surface area (Å²) in [6.07, 6.45) is 2.68. The van der Waals surface area contributed by atoms with Gasteiger partial charge in [-0.05, 0) is 29.0 Å². The fraction of sp³-hybridized carbons (Fsp3) is 0.357. The summed E-state index contributed by atoms with van der Waals surface area (Å²) >= 11 is 1.86. The molecule has 0 fully saturated rings. The van der Waals surface area contributed by atoms with Crippen LogP contribution < -0.4 is 4.74 Å². The summed E-state index contributed by atoms with van der Waals surface area (Å²) in [6.45, 7) is 5.01. The first kappa shape index (κ1) is 14.6. The van der Waals surface area contributed by atoms with Gasteiger partial charge in [-0.25, -0.2) is 4.79 Å². The fourth-order valence-electron chi connectivity index (χ4n) is 1.29. The summed E-state index contributed by atoms with van der Waals surface area (Å²) in [4.78, 5) is 10.4. The van der Waals surface area contributed by atoms with Crippen LogP contribution in [0.2, 0.25) is 0 Å². The molecule has 0 unspecified atom stereocenters. The lowest BCUT2D eigenvalue weighted by Crippen LogP contribution is -2.02. The molecule has 0 aliphatic carbocycles. The summed E-state index contributed by atoms with van der Waals surface area (Å²) in [5, 5.41) is 9.13. The number of benzene rings is 1. The molecule has 0 radical (unpaired) electrons. The van der Waals surface area contributed by atoms with Gasteiger partial charge in [0.15, 0.2) is 0 Å². The zero-order valence-electron chi connectivity index (χ0n) is 10.6. The molecular formula is C14H18O3S. The highest BCUT2D eigenvalue weighted by atomic mass is 32.2. The lowest BCUT2D eigenvalue weighted by molar-refractivity contribution is -0.131. The summed E-state index contributed by atoms with van der Waals surface area (Å²) in [6, 6.07) is 7.37. The minimum absolute atomic E-state index is 0.622. The second-order valence-electron chi connectivity index (χ2n) is 4.01. The Morgan fingerprint density at radius 1 is 1.39 bits per heavy atom. The zero-order chi connectivity index (χ0) is 13.4. The van der Waals surface area contributed by atoms with E-state index in [0.717, 1.165) is 23.1 Å². The third kappa shape index (κ3) is 6.35. The van der Waals surface area contributed by atoms with Gasteiger partial charge >= 0.3 is 5.97 Å². The summed E-state index contributed by atoms with van der Waals surface area (Å²) in [7, 11) is 0. The van der Waals surface area contributed by atoms with Crippen LogP contribution in [0.4, 0.5) is 0 Å². The highest BCUT2D eigenvalue weighted by Gasteiger charge is 1.96. The molecule has 1 rings (SSSR count). The van der Waals surface area contributed by atoms with E-state index in [1.165, 1.54) is 0 Å². The van der Waals surface area contributed by atoms with Crippen LogP contribution in [-0.4, -0.2) is 28.7 Å². The topological polar surface area (TPSA) is 46.5 Å². The van der Waals surface area contributed by atoms with E-state index in [4.69, 9.17) is 9.84 Å². The Labute approximate surface area is 112 Å². The molecule has 0 saturated heterocycles. The third-order valence-corrected chi connectivity index (χ3v) is 3.17. The maximum Gasteiger partial charge on any atom is 0.328 e. The predicted octanol–water partition coefficient (Wildman–Crippen LogP) is 3.30. The van der Waals surface area contributed by atoms with E-state index in [9.17, 15) is 4.79 Å². The van der Waals surface area contributed by atoms with Crippen molar-refractivity contribution in [1.82, 2.24) is 0 Å². The largest absolute Gasteiger partial charge is 0.493 e. The van der Waals surface area contributed by atoms with Crippen molar-refractivity contribution in [3.05, 3.63) is 35.9 Å². The quantitative estimate of drug-likeness (QED) is 0.607. The Morgan fingerprint density at radius 3 is 2.61 bits per heavy atom. The minimum atomic E-state index is -0.943. The number of carbonyl (C=O) groups is 1. The molecule has 18 heavy (non-hydrogen) atoms. The SMILES string of the molecule is CC(C)SCCOc1ccc(/C=C/C(=O)O)cc1. The highest BCUT2D eigenvalue weighted by molar-refractivity contribution is 7.99. The predicted molar refractivity (Wildman–Crippen MR) is 76.2 cm³/mol. The van der Waals surface area contributed by atoms with Gasteiger partial charge in [-0.15, -0.1) is 0 Å². The van der Waals surface area contributed by atoms with Crippen molar-refractivity contribution in [1.29, 1.82) is 0 Å². The van der Waals surface area contributed by atoms with Crippen molar-refractivity contribution in [2.24, 2.45) is 0 Å². The Balaban J connectivity index is 2.38. The average molecular weight is 266 g/mol. The van der Waals surface area contributed by atoms with Crippen LogP contribution in [0, 0.1) is 0 Å². The Bertz CT molecular complexity index is 396. The van der Waals surface area contributed by atoms with Gasteiger partial charge in [-0.3, -0.25) is 0 Å². The Hall–Kier alpha value is -1.42. The van der Waals surface area contributed by atoms with Gasteiger partial charge in [-0.2, -0.15) is 11.8 Å². The first-order valence-electron chi connectivity index (χ1n) is 5.83. The van der Waals surface area contributed by atoms with E-state index in [1.807, 2.05) is 36.0 Å². The minimum Gasteiger partial charge on any atom is -0.493 e. The molecule has 0 bridgehead atoms. The van der Waals surface area contributed by atoms with Gasteiger partial charge in [0.25, 0.3) is 0 Å². The van der Waals surface area contributed by atoms with Crippen LogP contribution in [0.1, 0.15) is 19.4 Å². The maximum atomic E-state index is 10.4. The van der Waals surface area contributed by atoms with E-state index in [-0.39, 0.29) is 0 Å². The van der Waals surface area contributed by atoms with E-state index in [0.29, 0.717) is 11.9 Å². The molecule has 4 heteroatoms. The molecule has 0 aliphatic heterocycles. The average Bonchev–Trinajstić information content (AvgIpc) is 2.33. The summed E-state index contributed by atoms with van der Waals surface area (Å²) in [5.74, 6) is 0.839. The molecule has 98 valence electrons. The van der Waals surface area contributed by atoms with E-state index in [2.05, 4.69) is 13.8 Å². The van der Waals surface area contributed by atoms with E-state index in [1.54, 1.807) is 6.08 Å². The third-order valence-electron chi connectivity index (χ3n) is 2.10. The van der Waals surface area contributed by atoms with E-state index < -0.39 is 5.97 Å². The smallest absolute Gasteiger partial charge is 0.328 e. The van der Waals surface area contributed by atoms with Crippen LogP contribution in [-0.2, 0) is 4.79 Å². The second-order valence-corrected chi connectivity index (χ2v) is 5.69. The lowest BCUT2D eigenvalue weighted by atomic mass is 10.2. The molecule has 1 aromatic carbocycles. The molecular weight excluding hydrogens is 248 g/mol. The normalized spacial score (nSPS) is 11.1. The Morgan fingerprint density at radius 2 is 2.06 bits per heavy atom. The molecule has 0 atom stereocenters. The van der Waals surface area contributed by atoms with Crippen molar-refractivity contribution in [2.45, 2.75) is 19.1 Å². The first-order chi connectivity index (χ1) is 8.58. The molecule has 0 aromatic heterocycles. The zero-order valence-corrected chi connectivity index (χ0v) is 11.4. The number of carboxylic acids is 1. The molecule has 1 N–H and O–H groups in total. The highest BCUT2D eigenvalue weighted by Crippen LogP contribution is 2.14. The van der Waals surface area contributed by atoms with Gasteiger partial charge < -0.3 is 9.84 Å². The van der Waals surface area contributed by atoms with Crippen molar-refractivity contribution in [3.8, 4) is 5.75 Å². The van der Waals surface area contributed by atoms with Gasteiger partial charge in [0, 0.05) is 11.8 Å². The van der Waals surface area contributed by atoms with Gasteiger partial charge in [0.05, 0.1) is 6.61 Å². The van der Waals surface area contributed by atoms with Crippen LogP contribution in [0.5, 0.6) is 5.75 Å². The first-order valence-corrected chi connectivity index (χ1v) is 6.88. The van der Waals surface area contributed by atoms with Gasteiger partial charge in [0.1, 0.15) is 5.75 Å². The van der Waals surface area contributed by atoms with Crippen LogP contribution in [0.25, 0.3) is 6.08 Å². The molecule has 3 nitrogen and oxygen atoms in total. The van der Waals surface area contributed by atoms with Crippen LogP contribution >= 0.6 is 11.8 Å². The maximum absolute atomic E-state index is 10.4. The molecule has 0 aliphatic rings. The molecule has 0 heterocycles. The Kier molecular flexibility index (Phi) is 6.36. The fourth-order valence-corrected chi connectivity index (χ4v) is 1.94.